The van der Waals surface area contributed by atoms with Crippen LogP contribution in [0.2, 0.25) is 0 Å². The highest BCUT2D eigenvalue weighted by molar-refractivity contribution is 9.10. The lowest BCUT2D eigenvalue weighted by atomic mass is 9.98. The fraction of sp³-hybridized carbons (Fsp3) is 0.533. The molecule has 0 aliphatic carbocycles. The van der Waals surface area contributed by atoms with Crippen LogP contribution in [-0.2, 0) is 11.3 Å². The van der Waals surface area contributed by atoms with Crippen LogP contribution in [-0.4, -0.2) is 31.1 Å². The summed E-state index contributed by atoms with van der Waals surface area (Å²) in [5.74, 6) is 0.558. The van der Waals surface area contributed by atoms with Crippen molar-refractivity contribution in [1.29, 1.82) is 0 Å². The minimum absolute atomic E-state index is 0.262. The van der Waals surface area contributed by atoms with Crippen LogP contribution >= 0.6 is 15.9 Å². The van der Waals surface area contributed by atoms with Crippen LogP contribution in [0, 0.1) is 5.92 Å². The van der Waals surface area contributed by atoms with Crippen molar-refractivity contribution in [2.45, 2.75) is 26.3 Å². The molecule has 1 saturated heterocycles. The Morgan fingerprint density at radius 2 is 2.11 bits per heavy atom. The quantitative estimate of drug-likeness (QED) is 0.797. The molecule has 0 amide bonds. The molecular formula is C15H20BrNO2. The van der Waals surface area contributed by atoms with Gasteiger partial charge in [-0.3, -0.25) is 4.90 Å². The first kappa shape index (κ1) is 14.5. The minimum atomic E-state index is -0.262. The highest BCUT2D eigenvalue weighted by Crippen LogP contribution is 2.22. The lowest BCUT2D eigenvalue weighted by Crippen LogP contribution is -2.32. The molecule has 2 rings (SSSR count). The Labute approximate surface area is 123 Å². The van der Waals surface area contributed by atoms with Gasteiger partial charge in [-0.05, 0) is 49.5 Å². The Bertz CT molecular complexity index is 453. The fourth-order valence-electron chi connectivity index (χ4n) is 2.45. The van der Waals surface area contributed by atoms with Crippen molar-refractivity contribution in [3.8, 4) is 0 Å². The average molecular weight is 326 g/mol. The van der Waals surface area contributed by atoms with Crippen molar-refractivity contribution in [2.75, 3.05) is 20.2 Å². The van der Waals surface area contributed by atoms with Crippen molar-refractivity contribution in [1.82, 2.24) is 4.90 Å². The standard InChI is InChI=1S/C15H20BrNO2/c1-11-5-7-17(8-6-11)10-12-3-4-13(16)9-14(12)15(18)19-2/h3-4,9,11H,5-8,10H2,1-2H3. The highest BCUT2D eigenvalue weighted by Gasteiger charge is 2.19. The number of ether oxygens (including phenoxy) is 1. The summed E-state index contributed by atoms with van der Waals surface area (Å²) in [5.41, 5.74) is 1.71. The largest absolute Gasteiger partial charge is 0.465 e. The molecule has 4 heteroatoms. The summed E-state index contributed by atoms with van der Waals surface area (Å²) in [5, 5.41) is 0. The summed E-state index contributed by atoms with van der Waals surface area (Å²) in [6.07, 6.45) is 2.48. The molecule has 19 heavy (non-hydrogen) atoms. The van der Waals surface area contributed by atoms with Gasteiger partial charge in [-0.15, -0.1) is 0 Å². The summed E-state index contributed by atoms with van der Waals surface area (Å²) < 4.78 is 5.77. The van der Waals surface area contributed by atoms with E-state index in [1.54, 1.807) is 0 Å². The smallest absolute Gasteiger partial charge is 0.338 e. The van der Waals surface area contributed by atoms with E-state index in [4.69, 9.17) is 4.74 Å². The maximum Gasteiger partial charge on any atom is 0.338 e. The summed E-state index contributed by atoms with van der Waals surface area (Å²) >= 11 is 3.41. The molecule has 104 valence electrons. The predicted octanol–water partition coefficient (Wildman–Crippen LogP) is 3.47. The van der Waals surface area contributed by atoms with Gasteiger partial charge in [0, 0.05) is 11.0 Å². The van der Waals surface area contributed by atoms with Crippen LogP contribution in [0.1, 0.15) is 35.7 Å². The number of nitrogens with zero attached hydrogens (tertiary/aromatic N) is 1. The van der Waals surface area contributed by atoms with Gasteiger partial charge in [-0.1, -0.05) is 28.9 Å². The third-order valence-corrected chi connectivity index (χ3v) is 4.24. The number of rotatable bonds is 3. The molecule has 3 nitrogen and oxygen atoms in total. The molecule has 1 aliphatic rings. The molecule has 0 spiro atoms. The third-order valence-electron chi connectivity index (χ3n) is 3.75. The number of carbonyl (C=O) groups excluding carboxylic acids is 1. The van der Waals surface area contributed by atoms with Crippen molar-refractivity contribution in [3.05, 3.63) is 33.8 Å². The molecular weight excluding hydrogens is 306 g/mol. The number of hydrogen-bond acceptors (Lipinski definition) is 3. The number of carbonyl (C=O) groups is 1. The van der Waals surface area contributed by atoms with E-state index in [2.05, 4.69) is 27.8 Å². The van der Waals surface area contributed by atoms with Crippen LogP contribution in [0.3, 0.4) is 0 Å². The van der Waals surface area contributed by atoms with E-state index in [9.17, 15) is 4.79 Å². The molecule has 1 aromatic rings. The Balaban J connectivity index is 2.13. The summed E-state index contributed by atoms with van der Waals surface area (Å²) in [4.78, 5) is 14.2. The zero-order valence-corrected chi connectivity index (χ0v) is 13.1. The molecule has 1 fully saturated rings. The van der Waals surface area contributed by atoms with Crippen LogP contribution < -0.4 is 0 Å². The Morgan fingerprint density at radius 1 is 1.42 bits per heavy atom. The van der Waals surface area contributed by atoms with Crippen molar-refractivity contribution in [3.63, 3.8) is 0 Å². The lowest BCUT2D eigenvalue weighted by molar-refractivity contribution is 0.0597. The summed E-state index contributed by atoms with van der Waals surface area (Å²) in [6, 6.07) is 5.83. The second-order valence-corrected chi connectivity index (χ2v) is 6.17. The van der Waals surface area contributed by atoms with Gasteiger partial charge in [-0.2, -0.15) is 0 Å². The molecule has 0 unspecified atom stereocenters. The van der Waals surface area contributed by atoms with E-state index in [1.807, 2.05) is 18.2 Å². The van der Waals surface area contributed by atoms with E-state index in [1.165, 1.54) is 20.0 Å². The fourth-order valence-corrected chi connectivity index (χ4v) is 2.81. The number of hydrogen-bond donors (Lipinski definition) is 0. The first-order valence-corrected chi connectivity index (χ1v) is 7.48. The van der Waals surface area contributed by atoms with Crippen LogP contribution in [0.25, 0.3) is 0 Å². The number of likely N-dealkylation sites (tertiary alicyclic amines) is 1. The molecule has 1 aromatic carbocycles. The lowest BCUT2D eigenvalue weighted by Gasteiger charge is -2.30. The first-order valence-electron chi connectivity index (χ1n) is 6.69. The van der Waals surface area contributed by atoms with Gasteiger partial charge in [0.1, 0.15) is 0 Å². The molecule has 1 aliphatic heterocycles. The van der Waals surface area contributed by atoms with E-state index in [0.29, 0.717) is 5.56 Å². The predicted molar refractivity (Wildman–Crippen MR) is 79.2 cm³/mol. The Hall–Kier alpha value is -0.870. The monoisotopic (exact) mass is 325 g/mol. The van der Waals surface area contributed by atoms with Gasteiger partial charge in [-0.25, -0.2) is 4.79 Å². The number of methoxy groups -OCH3 is 1. The topological polar surface area (TPSA) is 29.5 Å². The van der Waals surface area contributed by atoms with Crippen LogP contribution in [0.15, 0.2) is 22.7 Å². The minimum Gasteiger partial charge on any atom is -0.465 e. The van der Waals surface area contributed by atoms with Gasteiger partial charge in [0.25, 0.3) is 0 Å². The second kappa shape index (κ2) is 6.53. The number of esters is 1. The maximum atomic E-state index is 11.8. The Kier molecular flexibility index (Phi) is 4.99. The maximum absolute atomic E-state index is 11.8. The first-order chi connectivity index (χ1) is 9.10. The van der Waals surface area contributed by atoms with E-state index >= 15 is 0 Å². The van der Waals surface area contributed by atoms with Gasteiger partial charge < -0.3 is 4.74 Å². The molecule has 1 heterocycles. The molecule has 0 N–H and O–H groups in total. The van der Waals surface area contributed by atoms with Gasteiger partial charge in [0.15, 0.2) is 0 Å². The Morgan fingerprint density at radius 3 is 2.74 bits per heavy atom. The number of halogens is 1. The molecule has 0 atom stereocenters. The zero-order valence-electron chi connectivity index (χ0n) is 11.5. The third kappa shape index (κ3) is 3.80. The van der Waals surface area contributed by atoms with Crippen LogP contribution in [0.5, 0.6) is 0 Å². The molecule has 0 bridgehead atoms. The van der Waals surface area contributed by atoms with E-state index in [-0.39, 0.29) is 5.97 Å². The van der Waals surface area contributed by atoms with E-state index in [0.717, 1.165) is 35.6 Å². The van der Waals surface area contributed by atoms with Crippen molar-refractivity contribution in [2.24, 2.45) is 5.92 Å². The molecule has 0 radical (unpaired) electrons. The molecule has 0 saturated carbocycles. The van der Waals surface area contributed by atoms with Crippen molar-refractivity contribution < 1.29 is 9.53 Å². The summed E-state index contributed by atoms with van der Waals surface area (Å²) in [7, 11) is 1.43. The highest BCUT2D eigenvalue weighted by atomic mass is 79.9. The number of benzene rings is 1. The normalized spacial score (nSPS) is 17.4. The summed E-state index contributed by atoms with van der Waals surface area (Å²) in [6.45, 7) is 5.34. The van der Waals surface area contributed by atoms with E-state index < -0.39 is 0 Å². The SMILES string of the molecule is COC(=O)c1cc(Br)ccc1CN1CCC(C)CC1. The van der Waals surface area contributed by atoms with Crippen LogP contribution in [0.4, 0.5) is 0 Å². The van der Waals surface area contributed by atoms with Gasteiger partial charge >= 0.3 is 5.97 Å². The van der Waals surface area contributed by atoms with Crippen molar-refractivity contribution >= 4 is 21.9 Å². The second-order valence-electron chi connectivity index (χ2n) is 5.25. The average Bonchev–Trinajstić information content (AvgIpc) is 2.42. The van der Waals surface area contributed by atoms with Gasteiger partial charge in [0.2, 0.25) is 0 Å². The zero-order chi connectivity index (χ0) is 13.8. The van der Waals surface area contributed by atoms with Gasteiger partial charge in [0.05, 0.1) is 12.7 Å². The molecule has 0 aromatic heterocycles. The number of piperidine rings is 1.